The second-order valence-electron chi connectivity index (χ2n) is 7.87. The molecule has 0 fully saturated rings. The van der Waals surface area contributed by atoms with Crippen molar-refractivity contribution in [1.29, 1.82) is 0 Å². The Balaban J connectivity index is 1.73. The molecule has 0 aliphatic carbocycles. The molecule has 172 valence electrons. The largest absolute Gasteiger partial charge is 0.465 e. The van der Waals surface area contributed by atoms with Gasteiger partial charge in [-0.25, -0.2) is 4.79 Å². The maximum Gasteiger partial charge on any atom is 0.411 e. The van der Waals surface area contributed by atoms with Crippen LogP contribution in [0.3, 0.4) is 0 Å². The van der Waals surface area contributed by atoms with Crippen LogP contribution < -0.4 is 9.80 Å². The topological polar surface area (TPSA) is 113 Å². The molecule has 2 amide bonds. The zero-order valence-corrected chi connectivity index (χ0v) is 19.1. The van der Waals surface area contributed by atoms with Gasteiger partial charge >= 0.3 is 6.09 Å². The third-order valence-electron chi connectivity index (χ3n) is 5.59. The van der Waals surface area contributed by atoms with Crippen molar-refractivity contribution in [2.45, 2.75) is 37.6 Å². The Hall–Kier alpha value is -3.66. The molecule has 0 radical (unpaired) electrons. The Labute approximate surface area is 191 Å². The third kappa shape index (κ3) is 4.09. The second kappa shape index (κ2) is 8.70. The van der Waals surface area contributed by atoms with Crippen LogP contribution in [0, 0.1) is 0 Å². The van der Waals surface area contributed by atoms with Crippen LogP contribution in [0.4, 0.5) is 16.2 Å². The minimum atomic E-state index is -3.78. The first-order valence-corrected chi connectivity index (χ1v) is 12.0. The maximum atomic E-state index is 12.7. The van der Waals surface area contributed by atoms with Gasteiger partial charge in [-0.1, -0.05) is 25.1 Å². The van der Waals surface area contributed by atoms with Crippen molar-refractivity contribution in [3.8, 4) is 11.1 Å². The van der Waals surface area contributed by atoms with Crippen LogP contribution in [0.1, 0.15) is 26.7 Å². The SMILES string of the molecule is CCCC(=O)N1c2ccc(-c3ccc(S(=O)(=O)n4cccn4)cc3)cc2N(C(=O)O)C[C@@H]1C. The highest BCUT2D eigenvalue weighted by molar-refractivity contribution is 7.89. The molecule has 9 nitrogen and oxygen atoms in total. The van der Waals surface area contributed by atoms with Crippen molar-refractivity contribution < 1.29 is 23.1 Å². The van der Waals surface area contributed by atoms with Crippen LogP contribution in [-0.4, -0.2) is 47.3 Å². The first-order valence-electron chi connectivity index (χ1n) is 10.6. The number of rotatable bonds is 5. The van der Waals surface area contributed by atoms with Crippen LogP contribution in [0.15, 0.2) is 65.8 Å². The molecule has 1 aliphatic rings. The average molecular weight is 469 g/mol. The van der Waals surface area contributed by atoms with Crippen molar-refractivity contribution >= 4 is 33.4 Å². The maximum absolute atomic E-state index is 12.7. The number of carbonyl (C=O) groups excluding carboxylic acids is 1. The van der Waals surface area contributed by atoms with E-state index in [1.807, 2.05) is 13.8 Å². The predicted molar refractivity (Wildman–Crippen MR) is 124 cm³/mol. The number of aromatic nitrogens is 2. The quantitative estimate of drug-likeness (QED) is 0.609. The number of hydrogen-bond acceptors (Lipinski definition) is 5. The van der Waals surface area contributed by atoms with E-state index in [4.69, 9.17) is 0 Å². The summed E-state index contributed by atoms with van der Waals surface area (Å²) in [7, 11) is -3.78. The minimum Gasteiger partial charge on any atom is -0.465 e. The fourth-order valence-corrected chi connectivity index (χ4v) is 5.13. The minimum absolute atomic E-state index is 0.0442. The summed E-state index contributed by atoms with van der Waals surface area (Å²) in [6, 6.07) is 12.8. The van der Waals surface area contributed by atoms with Crippen LogP contribution >= 0.6 is 0 Å². The molecular weight excluding hydrogens is 444 g/mol. The van der Waals surface area contributed by atoms with E-state index >= 15 is 0 Å². The molecule has 1 aromatic heterocycles. The number of anilines is 2. The highest BCUT2D eigenvalue weighted by atomic mass is 32.2. The van der Waals surface area contributed by atoms with Crippen molar-refractivity contribution in [1.82, 2.24) is 9.19 Å². The zero-order valence-electron chi connectivity index (χ0n) is 18.2. The van der Waals surface area contributed by atoms with Crippen LogP contribution in [0.25, 0.3) is 11.1 Å². The first-order chi connectivity index (χ1) is 15.7. The van der Waals surface area contributed by atoms with Gasteiger partial charge in [-0.05, 0) is 54.8 Å². The standard InChI is InChI=1S/C23H24N4O5S/c1-3-5-22(28)27-16(2)15-25(23(29)30)21-14-18(8-11-20(21)27)17-6-9-19(10-7-17)33(31,32)26-13-4-12-24-26/h4,6-14,16H,3,5,15H2,1-2H3,(H,29,30)/t16-/m0/s1. The van der Waals surface area contributed by atoms with Gasteiger partial charge in [-0.2, -0.15) is 17.6 Å². The lowest BCUT2D eigenvalue weighted by molar-refractivity contribution is -0.119. The van der Waals surface area contributed by atoms with E-state index in [0.717, 1.165) is 4.09 Å². The van der Waals surface area contributed by atoms with Gasteiger partial charge in [0.1, 0.15) is 0 Å². The number of fused-ring (bicyclic) bond motifs is 1. The van der Waals surface area contributed by atoms with E-state index in [-0.39, 0.29) is 23.4 Å². The number of nitrogens with zero attached hydrogens (tertiary/aromatic N) is 4. The van der Waals surface area contributed by atoms with Crippen LogP contribution in [-0.2, 0) is 14.8 Å². The van der Waals surface area contributed by atoms with Gasteiger partial charge in [0, 0.05) is 19.2 Å². The molecule has 0 saturated heterocycles. The van der Waals surface area contributed by atoms with Crippen molar-refractivity contribution in [3.63, 3.8) is 0 Å². The molecule has 0 bridgehead atoms. The molecule has 1 N–H and O–H groups in total. The molecule has 2 aromatic carbocycles. The molecule has 2 heterocycles. The smallest absolute Gasteiger partial charge is 0.411 e. The lowest BCUT2D eigenvalue weighted by Gasteiger charge is -2.40. The average Bonchev–Trinajstić information content (AvgIpc) is 3.34. The number of benzene rings is 2. The van der Waals surface area contributed by atoms with Gasteiger partial charge in [0.15, 0.2) is 0 Å². The number of carboxylic acid groups (broad SMARTS) is 1. The van der Waals surface area contributed by atoms with E-state index < -0.39 is 16.1 Å². The Kier molecular flexibility index (Phi) is 5.94. The van der Waals surface area contributed by atoms with E-state index in [2.05, 4.69) is 5.10 Å². The monoisotopic (exact) mass is 468 g/mol. The summed E-state index contributed by atoms with van der Waals surface area (Å²) in [5, 5.41) is 13.6. The summed E-state index contributed by atoms with van der Waals surface area (Å²) in [6.45, 7) is 3.93. The van der Waals surface area contributed by atoms with E-state index in [0.29, 0.717) is 35.3 Å². The summed E-state index contributed by atoms with van der Waals surface area (Å²) >= 11 is 0. The van der Waals surface area contributed by atoms with Crippen molar-refractivity contribution in [2.24, 2.45) is 0 Å². The summed E-state index contributed by atoms with van der Waals surface area (Å²) in [5.41, 5.74) is 2.40. The number of carbonyl (C=O) groups is 2. The lowest BCUT2D eigenvalue weighted by atomic mass is 10.0. The van der Waals surface area contributed by atoms with Gasteiger partial charge in [0.25, 0.3) is 10.0 Å². The van der Waals surface area contributed by atoms with Gasteiger partial charge in [-0.3, -0.25) is 9.69 Å². The molecule has 0 spiro atoms. The molecular formula is C23H24N4O5S. The normalized spacial score (nSPS) is 15.9. The number of amides is 2. The summed E-state index contributed by atoms with van der Waals surface area (Å²) in [6.07, 6.45) is 2.74. The van der Waals surface area contributed by atoms with Gasteiger partial charge in [0.05, 0.1) is 28.5 Å². The molecule has 1 aliphatic heterocycles. The van der Waals surface area contributed by atoms with Crippen molar-refractivity contribution in [3.05, 3.63) is 60.9 Å². The summed E-state index contributed by atoms with van der Waals surface area (Å²) in [4.78, 5) is 27.7. The molecule has 33 heavy (non-hydrogen) atoms. The molecule has 0 saturated carbocycles. The predicted octanol–water partition coefficient (Wildman–Crippen LogP) is 3.81. The molecule has 1 atom stereocenters. The third-order valence-corrected chi connectivity index (χ3v) is 7.17. The Morgan fingerprint density at radius 1 is 1.09 bits per heavy atom. The molecule has 4 rings (SSSR count). The fraction of sp³-hybridized carbons (Fsp3) is 0.261. The summed E-state index contributed by atoms with van der Waals surface area (Å²) < 4.78 is 26.2. The second-order valence-corrected chi connectivity index (χ2v) is 9.66. The van der Waals surface area contributed by atoms with E-state index in [1.165, 1.54) is 35.5 Å². The van der Waals surface area contributed by atoms with E-state index in [9.17, 15) is 23.1 Å². The first kappa shape index (κ1) is 22.5. The fourth-order valence-electron chi connectivity index (χ4n) is 4.02. The molecule has 3 aromatic rings. The van der Waals surface area contributed by atoms with Crippen LogP contribution in [0.2, 0.25) is 0 Å². The van der Waals surface area contributed by atoms with Gasteiger partial charge < -0.3 is 10.0 Å². The van der Waals surface area contributed by atoms with Gasteiger partial charge in [-0.15, -0.1) is 0 Å². The highest BCUT2D eigenvalue weighted by Crippen LogP contribution is 2.39. The Morgan fingerprint density at radius 2 is 1.79 bits per heavy atom. The zero-order chi connectivity index (χ0) is 23.8. The lowest BCUT2D eigenvalue weighted by Crippen LogP contribution is -2.51. The van der Waals surface area contributed by atoms with Crippen LogP contribution in [0.5, 0.6) is 0 Å². The molecule has 0 unspecified atom stereocenters. The molecule has 10 heteroatoms. The Morgan fingerprint density at radius 3 is 2.39 bits per heavy atom. The van der Waals surface area contributed by atoms with Gasteiger partial charge in [0.2, 0.25) is 5.91 Å². The Bertz CT molecular complexity index is 1290. The number of hydrogen-bond donors (Lipinski definition) is 1. The highest BCUT2D eigenvalue weighted by Gasteiger charge is 2.34. The summed E-state index contributed by atoms with van der Waals surface area (Å²) in [5.74, 6) is -0.0442. The van der Waals surface area contributed by atoms with E-state index in [1.54, 1.807) is 35.2 Å². The van der Waals surface area contributed by atoms with Crippen molar-refractivity contribution in [2.75, 3.05) is 16.3 Å².